The van der Waals surface area contributed by atoms with Gasteiger partial charge in [-0.15, -0.1) is 0 Å². The molecule has 0 unspecified atom stereocenters. The lowest BCUT2D eigenvalue weighted by molar-refractivity contribution is 0.525. The molecular weight excluding hydrogens is 308 g/mol. The van der Waals surface area contributed by atoms with Gasteiger partial charge in [0, 0.05) is 24.8 Å². The monoisotopic (exact) mass is 330 g/mol. The summed E-state index contributed by atoms with van der Waals surface area (Å²) in [7, 11) is 0. The van der Waals surface area contributed by atoms with Crippen LogP contribution < -0.4 is 10.2 Å². The molecule has 4 nitrogen and oxygen atoms in total. The summed E-state index contributed by atoms with van der Waals surface area (Å²) < 4.78 is 0. The second-order valence-corrected chi connectivity index (χ2v) is 6.46. The number of nitrogens with one attached hydrogen (secondary N) is 1. The maximum Gasteiger partial charge on any atom is 0.148 e. The van der Waals surface area contributed by atoms with E-state index in [2.05, 4.69) is 58.3 Å². The predicted molar refractivity (Wildman–Crippen MR) is 96.5 cm³/mol. The summed E-state index contributed by atoms with van der Waals surface area (Å²) in [6, 6.07) is 9.17. The highest BCUT2D eigenvalue weighted by atomic mass is 35.5. The van der Waals surface area contributed by atoms with Crippen molar-refractivity contribution in [1.82, 2.24) is 9.97 Å². The van der Waals surface area contributed by atoms with Crippen molar-refractivity contribution in [3.05, 3.63) is 46.9 Å². The van der Waals surface area contributed by atoms with Crippen molar-refractivity contribution >= 4 is 23.1 Å². The highest BCUT2D eigenvalue weighted by Crippen LogP contribution is 2.26. The molecule has 0 amide bonds. The Labute approximate surface area is 142 Å². The van der Waals surface area contributed by atoms with Crippen LogP contribution in [0.3, 0.4) is 0 Å². The van der Waals surface area contributed by atoms with Gasteiger partial charge in [-0.1, -0.05) is 36.2 Å². The molecule has 0 radical (unpaired) electrons. The molecule has 122 valence electrons. The molecule has 0 spiro atoms. The molecule has 0 atom stereocenters. The molecule has 1 aromatic heterocycles. The number of rotatable bonds is 4. The summed E-state index contributed by atoms with van der Waals surface area (Å²) in [5.41, 5.74) is 3.51. The van der Waals surface area contributed by atoms with Gasteiger partial charge in [-0.05, 0) is 38.3 Å². The second-order valence-electron chi connectivity index (χ2n) is 6.08. The Morgan fingerprint density at radius 3 is 2.52 bits per heavy atom. The van der Waals surface area contributed by atoms with Gasteiger partial charge in [0.05, 0.1) is 5.69 Å². The van der Waals surface area contributed by atoms with Crippen molar-refractivity contribution in [3.63, 3.8) is 0 Å². The van der Waals surface area contributed by atoms with E-state index in [1.807, 2.05) is 0 Å². The third kappa shape index (κ3) is 3.75. The number of halogens is 1. The van der Waals surface area contributed by atoms with Crippen molar-refractivity contribution < 1.29 is 0 Å². The van der Waals surface area contributed by atoms with Crippen molar-refractivity contribution in [2.45, 2.75) is 39.2 Å². The smallest absolute Gasteiger partial charge is 0.148 e. The Hall–Kier alpha value is -1.81. The fourth-order valence-electron chi connectivity index (χ4n) is 2.98. The molecular formula is C18H23ClN4. The van der Waals surface area contributed by atoms with Crippen LogP contribution in [0.25, 0.3) is 0 Å². The molecule has 3 rings (SSSR count). The Morgan fingerprint density at radius 2 is 1.87 bits per heavy atom. The van der Waals surface area contributed by atoms with E-state index in [0.29, 0.717) is 11.1 Å². The van der Waals surface area contributed by atoms with Crippen LogP contribution in [0.15, 0.2) is 30.6 Å². The largest absolute Gasteiger partial charge is 0.371 e. The fraction of sp³-hybridized carbons (Fsp3) is 0.444. The average molecular weight is 331 g/mol. The Balaban J connectivity index is 1.60. The van der Waals surface area contributed by atoms with E-state index in [-0.39, 0.29) is 0 Å². The molecule has 1 saturated heterocycles. The molecule has 2 aromatic rings. The Bertz CT molecular complexity index is 649. The zero-order valence-electron chi connectivity index (χ0n) is 13.7. The lowest BCUT2D eigenvalue weighted by atomic mass is 10.0. The highest BCUT2D eigenvalue weighted by molar-refractivity contribution is 6.33. The number of benzene rings is 1. The Kier molecular flexibility index (Phi) is 5.01. The predicted octanol–water partition coefficient (Wildman–Crippen LogP) is 4.08. The summed E-state index contributed by atoms with van der Waals surface area (Å²) >= 11 is 6.37. The minimum Gasteiger partial charge on any atom is -0.371 e. The maximum atomic E-state index is 6.37. The first-order valence-corrected chi connectivity index (χ1v) is 8.62. The van der Waals surface area contributed by atoms with E-state index in [1.54, 1.807) is 6.33 Å². The van der Waals surface area contributed by atoms with Gasteiger partial charge in [0.2, 0.25) is 0 Å². The summed E-state index contributed by atoms with van der Waals surface area (Å²) in [5, 5.41) is 4.16. The number of anilines is 2. The van der Waals surface area contributed by atoms with Crippen LogP contribution in [0, 0.1) is 6.92 Å². The number of nitrogens with zero attached hydrogens (tertiary/aromatic N) is 3. The zero-order valence-corrected chi connectivity index (χ0v) is 14.5. The molecule has 1 aliphatic rings. The molecule has 23 heavy (non-hydrogen) atoms. The van der Waals surface area contributed by atoms with Gasteiger partial charge in [0.15, 0.2) is 0 Å². The van der Waals surface area contributed by atoms with Crippen molar-refractivity contribution in [2.75, 3.05) is 23.3 Å². The van der Waals surface area contributed by atoms with Gasteiger partial charge in [0.25, 0.3) is 0 Å². The molecule has 0 bridgehead atoms. The van der Waals surface area contributed by atoms with Gasteiger partial charge >= 0.3 is 0 Å². The van der Waals surface area contributed by atoms with E-state index in [4.69, 9.17) is 11.6 Å². The van der Waals surface area contributed by atoms with Gasteiger partial charge in [0.1, 0.15) is 17.2 Å². The summed E-state index contributed by atoms with van der Waals surface area (Å²) in [5.74, 6) is 0.771. The van der Waals surface area contributed by atoms with Crippen LogP contribution in [-0.2, 0) is 6.42 Å². The Morgan fingerprint density at radius 1 is 1.17 bits per heavy atom. The topological polar surface area (TPSA) is 41.1 Å². The first kappa shape index (κ1) is 16.1. The van der Waals surface area contributed by atoms with Crippen molar-refractivity contribution in [2.24, 2.45) is 0 Å². The summed E-state index contributed by atoms with van der Waals surface area (Å²) in [4.78, 5) is 11.0. The van der Waals surface area contributed by atoms with Crippen molar-refractivity contribution in [1.29, 1.82) is 0 Å². The van der Waals surface area contributed by atoms with Gasteiger partial charge in [-0.3, -0.25) is 0 Å². The number of hydrogen-bond acceptors (Lipinski definition) is 4. The third-order valence-electron chi connectivity index (χ3n) is 4.43. The van der Waals surface area contributed by atoms with Crippen LogP contribution in [0.4, 0.5) is 11.5 Å². The maximum absolute atomic E-state index is 6.37. The SMILES string of the molecule is CCc1ncnc(NC2CCN(c3ccc(C)cc3)CC2)c1Cl. The number of piperidine rings is 1. The lowest BCUT2D eigenvalue weighted by Gasteiger charge is -2.34. The van der Waals surface area contributed by atoms with Crippen LogP contribution in [0.1, 0.15) is 31.0 Å². The summed E-state index contributed by atoms with van der Waals surface area (Å²) in [6.45, 7) is 6.27. The first-order valence-electron chi connectivity index (χ1n) is 8.25. The molecule has 5 heteroatoms. The van der Waals surface area contributed by atoms with Crippen LogP contribution in [0.2, 0.25) is 5.02 Å². The molecule has 1 aliphatic heterocycles. The third-order valence-corrected chi connectivity index (χ3v) is 4.83. The fourth-order valence-corrected chi connectivity index (χ4v) is 3.27. The molecule has 1 aromatic carbocycles. The summed E-state index contributed by atoms with van der Waals surface area (Å²) in [6.07, 6.45) is 4.57. The minimum absolute atomic E-state index is 0.411. The highest BCUT2D eigenvalue weighted by Gasteiger charge is 2.21. The van der Waals surface area contributed by atoms with Crippen LogP contribution >= 0.6 is 11.6 Å². The lowest BCUT2D eigenvalue weighted by Crippen LogP contribution is -2.39. The van der Waals surface area contributed by atoms with E-state index >= 15 is 0 Å². The standard InChI is InChI=1S/C18H23ClN4/c1-3-16-17(19)18(21-12-20-16)22-14-8-10-23(11-9-14)15-6-4-13(2)5-7-15/h4-7,12,14H,3,8-11H2,1-2H3,(H,20,21,22). The van der Waals surface area contributed by atoms with E-state index in [9.17, 15) is 0 Å². The number of hydrogen-bond donors (Lipinski definition) is 1. The molecule has 0 aliphatic carbocycles. The normalized spacial score (nSPS) is 15.7. The molecule has 2 heterocycles. The van der Waals surface area contributed by atoms with Crippen LogP contribution in [0.5, 0.6) is 0 Å². The first-order chi connectivity index (χ1) is 11.2. The van der Waals surface area contributed by atoms with E-state index < -0.39 is 0 Å². The molecule has 1 N–H and O–H groups in total. The quantitative estimate of drug-likeness (QED) is 0.917. The van der Waals surface area contributed by atoms with Gasteiger partial charge in [-0.25, -0.2) is 9.97 Å². The van der Waals surface area contributed by atoms with Gasteiger partial charge in [-0.2, -0.15) is 0 Å². The zero-order chi connectivity index (χ0) is 16.2. The second kappa shape index (κ2) is 7.18. The van der Waals surface area contributed by atoms with Crippen LogP contribution in [-0.4, -0.2) is 29.1 Å². The minimum atomic E-state index is 0.411. The van der Waals surface area contributed by atoms with E-state index in [0.717, 1.165) is 43.9 Å². The van der Waals surface area contributed by atoms with E-state index in [1.165, 1.54) is 11.3 Å². The van der Waals surface area contributed by atoms with Crippen molar-refractivity contribution in [3.8, 4) is 0 Å². The molecule has 0 saturated carbocycles. The van der Waals surface area contributed by atoms with Gasteiger partial charge < -0.3 is 10.2 Å². The average Bonchev–Trinajstić information content (AvgIpc) is 2.58. The number of aryl methyl sites for hydroxylation is 2. The molecule has 1 fully saturated rings. The number of aromatic nitrogens is 2.